The number of para-hydroxylation sites is 1. The number of anilines is 2. The van der Waals surface area contributed by atoms with Crippen molar-refractivity contribution in [2.75, 3.05) is 17.2 Å². The Morgan fingerprint density at radius 1 is 1.36 bits per heavy atom. The molecule has 2 N–H and O–H groups in total. The quantitative estimate of drug-likeness (QED) is 0.875. The maximum Gasteiger partial charge on any atom is 0.227 e. The molecule has 2 atom stereocenters. The summed E-state index contributed by atoms with van der Waals surface area (Å²) in [5.74, 6) is -0.601. The zero-order valence-corrected chi connectivity index (χ0v) is 12.9. The lowest BCUT2D eigenvalue weighted by Crippen LogP contribution is -2.33. The van der Waals surface area contributed by atoms with Crippen molar-refractivity contribution >= 4 is 17.3 Å². The molecule has 1 saturated carbocycles. The number of benzene rings is 1. The van der Waals surface area contributed by atoms with Crippen molar-refractivity contribution in [3.05, 3.63) is 24.0 Å². The molecule has 0 bridgehead atoms. The molecule has 1 aromatic rings. The number of nitrogens with one attached hydrogen (secondary N) is 2. The van der Waals surface area contributed by atoms with Crippen molar-refractivity contribution in [2.24, 2.45) is 5.92 Å². The molecule has 0 aromatic heterocycles. The molecule has 1 saturated heterocycles. The lowest BCUT2D eigenvalue weighted by molar-refractivity contribution is -0.124. The first-order chi connectivity index (χ1) is 10.7. The average molecular weight is 306 g/mol. The lowest BCUT2D eigenvalue weighted by atomic mass is 9.93. The second-order valence-electron chi connectivity index (χ2n) is 6.19. The highest BCUT2D eigenvalue weighted by Gasteiger charge is 2.28. The summed E-state index contributed by atoms with van der Waals surface area (Å²) in [6, 6.07) is 5.27. The number of halogens is 1. The summed E-state index contributed by atoms with van der Waals surface area (Å²) in [5.41, 5.74) is 0.953. The van der Waals surface area contributed by atoms with E-state index in [9.17, 15) is 9.18 Å². The van der Waals surface area contributed by atoms with Gasteiger partial charge in [0.25, 0.3) is 0 Å². The third kappa shape index (κ3) is 3.58. The van der Waals surface area contributed by atoms with E-state index >= 15 is 0 Å². The molecule has 4 nitrogen and oxygen atoms in total. The van der Waals surface area contributed by atoms with E-state index in [0.29, 0.717) is 31.2 Å². The smallest absolute Gasteiger partial charge is 0.227 e. The van der Waals surface area contributed by atoms with E-state index in [2.05, 4.69) is 17.6 Å². The Labute approximate surface area is 130 Å². The van der Waals surface area contributed by atoms with Crippen LogP contribution in [0.3, 0.4) is 0 Å². The third-order valence-electron chi connectivity index (χ3n) is 4.39. The Morgan fingerprint density at radius 2 is 2.18 bits per heavy atom. The SMILES string of the molecule is CC[C@@H]1C[C@@H](C(=O)Nc2c(F)cccc2NC2CC2)CCO1. The highest BCUT2D eigenvalue weighted by atomic mass is 19.1. The van der Waals surface area contributed by atoms with Crippen molar-refractivity contribution in [1.29, 1.82) is 0 Å². The molecule has 0 unspecified atom stereocenters. The fraction of sp³-hybridized carbons (Fsp3) is 0.588. The Bertz CT molecular complexity index is 545. The van der Waals surface area contributed by atoms with Crippen molar-refractivity contribution in [1.82, 2.24) is 0 Å². The van der Waals surface area contributed by atoms with Crippen molar-refractivity contribution in [3.63, 3.8) is 0 Å². The summed E-state index contributed by atoms with van der Waals surface area (Å²) >= 11 is 0. The van der Waals surface area contributed by atoms with Gasteiger partial charge >= 0.3 is 0 Å². The van der Waals surface area contributed by atoms with E-state index in [1.54, 1.807) is 6.07 Å². The Kier molecular flexibility index (Phi) is 4.62. The summed E-state index contributed by atoms with van der Waals surface area (Å²) in [7, 11) is 0. The molecule has 2 fully saturated rings. The highest BCUT2D eigenvalue weighted by molar-refractivity contribution is 5.96. The zero-order chi connectivity index (χ0) is 15.5. The molecule has 5 heteroatoms. The molecule has 1 heterocycles. The fourth-order valence-corrected chi connectivity index (χ4v) is 2.85. The topological polar surface area (TPSA) is 50.4 Å². The predicted octanol–water partition coefficient (Wildman–Crippen LogP) is 3.54. The minimum absolute atomic E-state index is 0.105. The summed E-state index contributed by atoms with van der Waals surface area (Å²) in [6.45, 7) is 2.65. The van der Waals surface area contributed by atoms with Crippen LogP contribution in [0.2, 0.25) is 0 Å². The van der Waals surface area contributed by atoms with Crippen LogP contribution in [0.4, 0.5) is 15.8 Å². The van der Waals surface area contributed by atoms with Gasteiger partial charge in [-0.25, -0.2) is 4.39 Å². The van der Waals surface area contributed by atoms with Gasteiger partial charge in [0.1, 0.15) is 11.5 Å². The van der Waals surface area contributed by atoms with Gasteiger partial charge in [-0.15, -0.1) is 0 Å². The number of hydrogen-bond donors (Lipinski definition) is 2. The van der Waals surface area contributed by atoms with Gasteiger partial charge in [-0.2, -0.15) is 0 Å². The third-order valence-corrected chi connectivity index (χ3v) is 4.39. The van der Waals surface area contributed by atoms with Crippen LogP contribution in [0.15, 0.2) is 18.2 Å². The van der Waals surface area contributed by atoms with Gasteiger partial charge in [0, 0.05) is 18.6 Å². The van der Waals surface area contributed by atoms with Crippen LogP contribution in [0.1, 0.15) is 39.0 Å². The largest absolute Gasteiger partial charge is 0.381 e. The summed E-state index contributed by atoms with van der Waals surface area (Å²) in [6.07, 6.45) is 4.64. The minimum atomic E-state index is -0.391. The van der Waals surface area contributed by atoms with E-state index in [-0.39, 0.29) is 23.6 Å². The van der Waals surface area contributed by atoms with Gasteiger partial charge in [0.15, 0.2) is 0 Å². The highest BCUT2D eigenvalue weighted by Crippen LogP contribution is 2.32. The molecule has 120 valence electrons. The summed E-state index contributed by atoms with van der Waals surface area (Å²) in [4.78, 5) is 12.5. The maximum absolute atomic E-state index is 14.1. The van der Waals surface area contributed by atoms with Gasteiger partial charge in [0.2, 0.25) is 5.91 Å². The molecule has 1 amide bonds. The first kappa shape index (κ1) is 15.3. The molecule has 22 heavy (non-hydrogen) atoms. The molecular formula is C17H23FN2O2. The monoisotopic (exact) mass is 306 g/mol. The fourth-order valence-electron chi connectivity index (χ4n) is 2.85. The number of rotatable bonds is 5. The predicted molar refractivity (Wildman–Crippen MR) is 84.4 cm³/mol. The van der Waals surface area contributed by atoms with Crippen molar-refractivity contribution < 1.29 is 13.9 Å². The van der Waals surface area contributed by atoms with E-state index < -0.39 is 5.82 Å². The van der Waals surface area contributed by atoms with Crippen molar-refractivity contribution in [2.45, 2.75) is 51.2 Å². The Balaban J connectivity index is 1.70. The zero-order valence-electron chi connectivity index (χ0n) is 12.9. The lowest BCUT2D eigenvalue weighted by Gasteiger charge is -2.28. The number of carbonyl (C=O) groups excluding carboxylic acids is 1. The molecule has 2 aliphatic rings. The van der Waals surface area contributed by atoms with E-state index in [0.717, 1.165) is 19.3 Å². The Morgan fingerprint density at radius 3 is 2.91 bits per heavy atom. The average Bonchev–Trinajstić information content (AvgIpc) is 3.34. The van der Waals surface area contributed by atoms with Crippen LogP contribution < -0.4 is 10.6 Å². The van der Waals surface area contributed by atoms with Gasteiger partial charge < -0.3 is 15.4 Å². The number of ether oxygens (including phenoxy) is 1. The summed E-state index contributed by atoms with van der Waals surface area (Å²) in [5, 5.41) is 6.07. The van der Waals surface area contributed by atoms with Crippen LogP contribution >= 0.6 is 0 Å². The van der Waals surface area contributed by atoms with Crippen LogP contribution in [-0.2, 0) is 9.53 Å². The normalized spacial score (nSPS) is 24.8. The van der Waals surface area contributed by atoms with Gasteiger partial charge in [0.05, 0.1) is 11.8 Å². The molecule has 0 radical (unpaired) electrons. The number of amides is 1. The van der Waals surface area contributed by atoms with Crippen molar-refractivity contribution in [3.8, 4) is 0 Å². The van der Waals surface area contributed by atoms with E-state index in [4.69, 9.17) is 4.74 Å². The molecular weight excluding hydrogens is 283 g/mol. The number of carbonyl (C=O) groups is 1. The van der Waals surface area contributed by atoms with Gasteiger partial charge in [-0.1, -0.05) is 13.0 Å². The maximum atomic E-state index is 14.1. The van der Waals surface area contributed by atoms with Gasteiger partial charge in [-0.05, 0) is 44.2 Å². The first-order valence-electron chi connectivity index (χ1n) is 8.15. The standard InChI is InChI=1S/C17H23FN2O2/c1-2-13-10-11(8-9-22-13)17(21)20-16-14(18)4-3-5-15(16)19-12-6-7-12/h3-5,11-13,19H,2,6-10H2,1H3,(H,20,21)/t11-,13+/m0/s1. The molecule has 0 spiro atoms. The van der Waals surface area contributed by atoms with Crippen LogP contribution in [0.5, 0.6) is 0 Å². The van der Waals surface area contributed by atoms with E-state index in [1.165, 1.54) is 6.07 Å². The molecule has 1 aliphatic heterocycles. The summed E-state index contributed by atoms with van der Waals surface area (Å²) < 4.78 is 19.7. The van der Waals surface area contributed by atoms with Crippen LogP contribution in [0.25, 0.3) is 0 Å². The molecule has 3 rings (SSSR count). The molecule has 1 aromatic carbocycles. The minimum Gasteiger partial charge on any atom is -0.381 e. The second-order valence-corrected chi connectivity index (χ2v) is 6.19. The van der Waals surface area contributed by atoms with Gasteiger partial charge in [-0.3, -0.25) is 4.79 Å². The second kappa shape index (κ2) is 6.65. The number of hydrogen-bond acceptors (Lipinski definition) is 3. The van der Waals surface area contributed by atoms with Crippen LogP contribution in [-0.4, -0.2) is 24.7 Å². The molecule has 1 aliphatic carbocycles. The van der Waals surface area contributed by atoms with Crippen LogP contribution in [0, 0.1) is 11.7 Å². The first-order valence-corrected chi connectivity index (χ1v) is 8.15. The van der Waals surface area contributed by atoms with E-state index in [1.807, 2.05) is 6.07 Å². The Hall–Kier alpha value is -1.62.